The first-order chi connectivity index (χ1) is 10.2. The zero-order chi connectivity index (χ0) is 14.8. The Morgan fingerprint density at radius 2 is 2.05 bits per heavy atom. The second-order valence-corrected chi connectivity index (χ2v) is 6.22. The highest BCUT2D eigenvalue weighted by Crippen LogP contribution is 2.30. The second-order valence-electron chi connectivity index (χ2n) is 6.22. The summed E-state index contributed by atoms with van der Waals surface area (Å²) < 4.78 is 0. The third-order valence-electron chi connectivity index (χ3n) is 4.55. The first-order valence-corrected chi connectivity index (χ1v) is 8.04. The summed E-state index contributed by atoms with van der Waals surface area (Å²) in [6.45, 7) is 6.00. The number of likely N-dealkylation sites (tertiary alicyclic amines) is 1. The number of aryl methyl sites for hydroxylation is 1. The molecule has 0 unspecified atom stereocenters. The third kappa shape index (κ3) is 2.97. The van der Waals surface area contributed by atoms with E-state index >= 15 is 0 Å². The van der Waals surface area contributed by atoms with Crippen molar-refractivity contribution in [1.82, 2.24) is 9.88 Å². The predicted octanol–water partition coefficient (Wildman–Crippen LogP) is 3.98. The summed E-state index contributed by atoms with van der Waals surface area (Å²) in [6.07, 6.45) is 3.78. The third-order valence-corrected chi connectivity index (χ3v) is 4.55. The van der Waals surface area contributed by atoms with Gasteiger partial charge in [-0.25, -0.2) is 0 Å². The van der Waals surface area contributed by atoms with Gasteiger partial charge in [0.2, 0.25) is 5.91 Å². The van der Waals surface area contributed by atoms with E-state index in [0.29, 0.717) is 18.2 Å². The van der Waals surface area contributed by atoms with Crippen molar-refractivity contribution in [2.24, 2.45) is 0 Å². The van der Waals surface area contributed by atoms with Gasteiger partial charge in [-0.15, -0.1) is 0 Å². The number of nitrogens with zero attached hydrogens (tertiary/aromatic N) is 1. The maximum Gasteiger partial charge on any atom is 0.222 e. The molecule has 1 aromatic heterocycles. The van der Waals surface area contributed by atoms with Crippen LogP contribution >= 0.6 is 0 Å². The fourth-order valence-electron chi connectivity index (χ4n) is 3.31. The molecule has 21 heavy (non-hydrogen) atoms. The molecule has 0 spiro atoms. The van der Waals surface area contributed by atoms with Gasteiger partial charge in [0.15, 0.2) is 0 Å². The van der Waals surface area contributed by atoms with Gasteiger partial charge in [-0.3, -0.25) is 4.79 Å². The van der Waals surface area contributed by atoms with Crippen LogP contribution in [0, 0.1) is 6.92 Å². The Balaban J connectivity index is 1.69. The summed E-state index contributed by atoms with van der Waals surface area (Å²) in [6, 6.07) is 8.83. The van der Waals surface area contributed by atoms with E-state index < -0.39 is 0 Å². The second kappa shape index (κ2) is 5.92. The molecule has 1 fully saturated rings. The molecule has 3 rings (SSSR count). The van der Waals surface area contributed by atoms with Crippen molar-refractivity contribution in [1.29, 1.82) is 0 Å². The number of carbonyl (C=O) groups excluding carboxylic acids is 1. The van der Waals surface area contributed by atoms with E-state index in [9.17, 15) is 4.79 Å². The zero-order valence-corrected chi connectivity index (χ0v) is 13.0. The van der Waals surface area contributed by atoms with Crippen LogP contribution in [0.1, 0.15) is 49.8 Å². The van der Waals surface area contributed by atoms with Gasteiger partial charge in [-0.05, 0) is 49.8 Å². The van der Waals surface area contributed by atoms with E-state index in [0.717, 1.165) is 32.4 Å². The molecule has 3 nitrogen and oxygen atoms in total. The highest BCUT2D eigenvalue weighted by Gasteiger charge is 2.24. The van der Waals surface area contributed by atoms with Crippen molar-refractivity contribution < 1.29 is 4.79 Å². The smallest absolute Gasteiger partial charge is 0.222 e. The number of piperidine rings is 1. The van der Waals surface area contributed by atoms with Gasteiger partial charge in [0, 0.05) is 36.6 Å². The average Bonchev–Trinajstić information content (AvgIpc) is 2.90. The van der Waals surface area contributed by atoms with Crippen LogP contribution in [0.5, 0.6) is 0 Å². The molecule has 0 bridgehead atoms. The Labute approximate surface area is 126 Å². The molecule has 1 aliphatic heterocycles. The SMILES string of the molecule is CCCC(=O)N1CCC(c2cc3cc(C)ccc3[nH]2)CC1. The van der Waals surface area contributed by atoms with Crippen molar-refractivity contribution >= 4 is 16.8 Å². The van der Waals surface area contributed by atoms with Crippen LogP contribution in [0.15, 0.2) is 24.3 Å². The Bertz CT molecular complexity index is 636. The number of aromatic nitrogens is 1. The fourth-order valence-corrected chi connectivity index (χ4v) is 3.31. The molecule has 3 heteroatoms. The van der Waals surface area contributed by atoms with Gasteiger partial charge in [0.05, 0.1) is 0 Å². The van der Waals surface area contributed by atoms with Crippen LogP contribution in [0.2, 0.25) is 0 Å². The lowest BCUT2D eigenvalue weighted by molar-refractivity contribution is -0.132. The quantitative estimate of drug-likeness (QED) is 0.909. The van der Waals surface area contributed by atoms with Crippen LogP contribution in [-0.4, -0.2) is 28.9 Å². The minimum absolute atomic E-state index is 0.322. The lowest BCUT2D eigenvalue weighted by Crippen LogP contribution is -2.37. The first kappa shape index (κ1) is 14.2. The predicted molar refractivity (Wildman–Crippen MR) is 86.5 cm³/mol. The number of fused-ring (bicyclic) bond motifs is 1. The number of aromatic amines is 1. The Kier molecular flexibility index (Phi) is 4.00. The van der Waals surface area contributed by atoms with Gasteiger partial charge in [-0.1, -0.05) is 18.6 Å². The highest BCUT2D eigenvalue weighted by atomic mass is 16.2. The van der Waals surface area contributed by atoms with Gasteiger partial charge < -0.3 is 9.88 Å². The Morgan fingerprint density at radius 1 is 1.29 bits per heavy atom. The summed E-state index contributed by atoms with van der Waals surface area (Å²) in [5, 5.41) is 1.30. The van der Waals surface area contributed by atoms with Crippen LogP contribution < -0.4 is 0 Å². The van der Waals surface area contributed by atoms with E-state index in [2.05, 4.69) is 43.1 Å². The van der Waals surface area contributed by atoms with Crippen LogP contribution in [0.4, 0.5) is 0 Å². The fraction of sp³-hybridized carbons (Fsp3) is 0.500. The normalized spacial score (nSPS) is 16.6. The van der Waals surface area contributed by atoms with Crippen LogP contribution in [-0.2, 0) is 4.79 Å². The molecule has 0 saturated carbocycles. The Hall–Kier alpha value is -1.77. The molecular formula is C18H24N2O. The molecule has 1 amide bonds. The maximum absolute atomic E-state index is 11.9. The van der Waals surface area contributed by atoms with Gasteiger partial charge in [0.25, 0.3) is 0 Å². The van der Waals surface area contributed by atoms with E-state index in [1.807, 2.05) is 4.90 Å². The molecule has 1 N–H and O–H groups in total. The number of H-pyrrole nitrogens is 1. The summed E-state index contributed by atoms with van der Waals surface area (Å²) in [5.74, 6) is 0.881. The van der Waals surface area contributed by atoms with E-state index in [4.69, 9.17) is 0 Å². The topological polar surface area (TPSA) is 36.1 Å². The summed E-state index contributed by atoms with van der Waals surface area (Å²) >= 11 is 0. The minimum atomic E-state index is 0.322. The first-order valence-electron chi connectivity index (χ1n) is 8.04. The zero-order valence-electron chi connectivity index (χ0n) is 13.0. The molecule has 2 aromatic rings. The maximum atomic E-state index is 11.9. The van der Waals surface area contributed by atoms with E-state index in [1.54, 1.807) is 0 Å². The highest BCUT2D eigenvalue weighted by molar-refractivity contribution is 5.81. The number of rotatable bonds is 3. The van der Waals surface area contributed by atoms with Crippen LogP contribution in [0.25, 0.3) is 10.9 Å². The standard InChI is InChI=1S/C18H24N2O/c1-3-4-18(21)20-9-7-14(8-10-20)17-12-15-11-13(2)5-6-16(15)19-17/h5-6,11-12,14,19H,3-4,7-10H2,1-2H3. The minimum Gasteiger partial charge on any atom is -0.358 e. The molecule has 1 aliphatic rings. The number of hydrogen-bond acceptors (Lipinski definition) is 1. The molecule has 0 aliphatic carbocycles. The number of amides is 1. The molecule has 0 radical (unpaired) electrons. The average molecular weight is 284 g/mol. The lowest BCUT2D eigenvalue weighted by Gasteiger charge is -2.31. The summed E-state index contributed by atoms with van der Waals surface area (Å²) in [4.78, 5) is 17.5. The number of hydrogen-bond donors (Lipinski definition) is 1. The van der Waals surface area contributed by atoms with Crippen molar-refractivity contribution in [3.05, 3.63) is 35.5 Å². The largest absolute Gasteiger partial charge is 0.358 e. The lowest BCUT2D eigenvalue weighted by atomic mass is 9.93. The van der Waals surface area contributed by atoms with Crippen molar-refractivity contribution in [2.75, 3.05) is 13.1 Å². The molecular weight excluding hydrogens is 260 g/mol. The van der Waals surface area contributed by atoms with Crippen molar-refractivity contribution in [3.63, 3.8) is 0 Å². The van der Waals surface area contributed by atoms with E-state index in [1.165, 1.54) is 22.2 Å². The van der Waals surface area contributed by atoms with E-state index in [-0.39, 0.29) is 0 Å². The number of carbonyl (C=O) groups is 1. The van der Waals surface area contributed by atoms with Gasteiger partial charge >= 0.3 is 0 Å². The molecule has 0 atom stereocenters. The number of benzene rings is 1. The van der Waals surface area contributed by atoms with Crippen molar-refractivity contribution in [3.8, 4) is 0 Å². The summed E-state index contributed by atoms with van der Waals surface area (Å²) in [5.41, 5.74) is 3.85. The molecule has 2 heterocycles. The molecule has 1 saturated heterocycles. The Morgan fingerprint density at radius 3 is 2.76 bits per heavy atom. The molecule has 1 aromatic carbocycles. The van der Waals surface area contributed by atoms with Gasteiger partial charge in [0.1, 0.15) is 0 Å². The van der Waals surface area contributed by atoms with Crippen LogP contribution in [0.3, 0.4) is 0 Å². The number of nitrogens with one attached hydrogen (secondary N) is 1. The summed E-state index contributed by atoms with van der Waals surface area (Å²) in [7, 11) is 0. The monoisotopic (exact) mass is 284 g/mol. The van der Waals surface area contributed by atoms with Gasteiger partial charge in [-0.2, -0.15) is 0 Å². The molecule has 112 valence electrons. The van der Waals surface area contributed by atoms with Crippen molar-refractivity contribution in [2.45, 2.75) is 45.4 Å².